The van der Waals surface area contributed by atoms with Gasteiger partial charge in [0.15, 0.2) is 0 Å². The van der Waals surface area contributed by atoms with Crippen molar-refractivity contribution >= 4 is 27.5 Å². The number of likely N-dealkylation sites (N-methyl/N-ethyl adjacent to an activating group) is 1. The molecular weight excluding hydrogens is 442 g/mol. The first-order valence-electron chi connectivity index (χ1n) is 10.7. The number of sulfonamides is 1. The van der Waals surface area contributed by atoms with Gasteiger partial charge in [-0.3, -0.25) is 13.9 Å². The van der Waals surface area contributed by atoms with Crippen LogP contribution in [0.1, 0.15) is 30.9 Å². The molecule has 2 aromatic carbocycles. The van der Waals surface area contributed by atoms with Crippen molar-refractivity contribution in [1.82, 2.24) is 10.2 Å². The molecule has 0 heterocycles. The minimum absolute atomic E-state index is 0.107. The molecule has 1 N–H and O–H groups in total. The van der Waals surface area contributed by atoms with E-state index in [-0.39, 0.29) is 24.8 Å². The fourth-order valence-electron chi connectivity index (χ4n) is 3.43. The molecule has 0 spiro atoms. The number of carbonyl (C=O) groups excluding carboxylic acids is 2. The minimum atomic E-state index is -3.54. The Morgan fingerprint density at radius 1 is 1.06 bits per heavy atom. The molecule has 180 valence electrons. The minimum Gasteiger partial charge on any atom is -0.497 e. The molecule has 2 rings (SSSR count). The van der Waals surface area contributed by atoms with E-state index in [9.17, 15) is 18.0 Å². The summed E-state index contributed by atoms with van der Waals surface area (Å²) in [7, 11) is -0.466. The molecule has 2 amide bonds. The van der Waals surface area contributed by atoms with E-state index in [0.717, 1.165) is 17.4 Å². The molecule has 0 aromatic heterocycles. The van der Waals surface area contributed by atoms with Crippen molar-refractivity contribution in [2.75, 3.05) is 31.3 Å². The van der Waals surface area contributed by atoms with Gasteiger partial charge in [0.1, 0.15) is 11.8 Å². The predicted molar refractivity (Wildman–Crippen MR) is 130 cm³/mol. The molecule has 0 unspecified atom stereocenters. The van der Waals surface area contributed by atoms with Crippen molar-refractivity contribution in [3.05, 3.63) is 59.7 Å². The lowest BCUT2D eigenvalue weighted by Gasteiger charge is -2.29. The molecule has 1 atom stereocenters. The summed E-state index contributed by atoms with van der Waals surface area (Å²) >= 11 is 0. The van der Waals surface area contributed by atoms with Crippen LogP contribution in [0.25, 0.3) is 0 Å². The number of rotatable bonds is 11. The molecule has 2 aromatic rings. The van der Waals surface area contributed by atoms with Gasteiger partial charge in [-0.2, -0.15) is 0 Å². The third-order valence-corrected chi connectivity index (χ3v) is 6.59. The third kappa shape index (κ3) is 7.49. The van der Waals surface area contributed by atoms with Crippen LogP contribution in [-0.4, -0.2) is 58.1 Å². The highest BCUT2D eigenvalue weighted by atomic mass is 32.2. The number of hydrogen-bond acceptors (Lipinski definition) is 5. The average molecular weight is 476 g/mol. The van der Waals surface area contributed by atoms with Crippen molar-refractivity contribution in [2.24, 2.45) is 0 Å². The monoisotopic (exact) mass is 475 g/mol. The summed E-state index contributed by atoms with van der Waals surface area (Å²) in [4.78, 5) is 26.9. The number of aryl methyl sites for hydroxylation is 1. The van der Waals surface area contributed by atoms with Gasteiger partial charge in [0, 0.05) is 26.6 Å². The molecule has 0 aliphatic carbocycles. The highest BCUT2D eigenvalue weighted by Gasteiger charge is 2.26. The number of benzene rings is 2. The Balaban J connectivity index is 2.12. The summed E-state index contributed by atoms with van der Waals surface area (Å²) in [5, 5.41) is 2.59. The maximum absolute atomic E-state index is 13.1. The van der Waals surface area contributed by atoms with Gasteiger partial charge in [-0.05, 0) is 50.1 Å². The van der Waals surface area contributed by atoms with Crippen molar-refractivity contribution < 1.29 is 22.7 Å². The Morgan fingerprint density at radius 2 is 1.67 bits per heavy atom. The number of anilines is 1. The van der Waals surface area contributed by atoms with Crippen LogP contribution in [0.2, 0.25) is 0 Å². The first kappa shape index (κ1) is 26.2. The highest BCUT2D eigenvalue weighted by Crippen LogP contribution is 2.22. The molecule has 33 heavy (non-hydrogen) atoms. The van der Waals surface area contributed by atoms with E-state index in [4.69, 9.17) is 4.74 Å². The number of ether oxygens (including phenoxy) is 1. The average Bonchev–Trinajstić information content (AvgIpc) is 2.79. The Kier molecular flexibility index (Phi) is 9.28. The zero-order chi connectivity index (χ0) is 24.6. The van der Waals surface area contributed by atoms with E-state index in [0.29, 0.717) is 24.4 Å². The Bertz CT molecular complexity index is 1040. The molecule has 0 aliphatic rings. The smallest absolute Gasteiger partial charge is 0.242 e. The van der Waals surface area contributed by atoms with Crippen LogP contribution in [0.4, 0.5) is 5.69 Å². The summed E-state index contributed by atoms with van der Waals surface area (Å²) in [6, 6.07) is 13.8. The van der Waals surface area contributed by atoms with Crippen LogP contribution >= 0.6 is 0 Å². The Morgan fingerprint density at radius 3 is 2.18 bits per heavy atom. The molecule has 9 heteroatoms. The summed E-state index contributed by atoms with van der Waals surface area (Å²) in [6.45, 7) is 4.10. The predicted octanol–water partition coefficient (Wildman–Crippen LogP) is 2.71. The van der Waals surface area contributed by atoms with Crippen LogP contribution in [0.15, 0.2) is 48.5 Å². The van der Waals surface area contributed by atoms with Crippen LogP contribution < -0.4 is 14.4 Å². The van der Waals surface area contributed by atoms with E-state index in [1.807, 2.05) is 31.2 Å². The number of nitrogens with one attached hydrogen (secondary N) is 1. The molecule has 0 saturated heterocycles. The summed E-state index contributed by atoms with van der Waals surface area (Å²) in [5.74, 6) is 0.152. The maximum atomic E-state index is 13.1. The SMILES string of the molecule is CNC(=O)[C@H](C)N(Cc1ccc(C)cc1)C(=O)CCCN(c1ccc(OC)cc1)S(C)(=O)=O. The van der Waals surface area contributed by atoms with Crippen molar-refractivity contribution in [2.45, 2.75) is 39.3 Å². The number of carbonyl (C=O) groups is 2. The number of methoxy groups -OCH3 is 1. The molecule has 8 nitrogen and oxygen atoms in total. The highest BCUT2D eigenvalue weighted by molar-refractivity contribution is 7.92. The summed E-state index contributed by atoms with van der Waals surface area (Å²) in [6.07, 6.45) is 1.55. The Labute approximate surface area is 196 Å². The normalized spacial score (nSPS) is 12.0. The first-order valence-corrected chi connectivity index (χ1v) is 12.6. The van der Waals surface area contributed by atoms with E-state index >= 15 is 0 Å². The second-order valence-corrected chi connectivity index (χ2v) is 9.84. The molecule has 0 radical (unpaired) electrons. The van der Waals surface area contributed by atoms with Gasteiger partial charge < -0.3 is 15.0 Å². The third-order valence-electron chi connectivity index (χ3n) is 5.40. The first-order chi connectivity index (χ1) is 15.6. The standard InChI is InChI=1S/C24H33N3O5S/c1-18-8-10-20(11-9-18)17-26(19(2)24(29)25-3)23(28)7-6-16-27(33(5,30)31)21-12-14-22(32-4)15-13-21/h8-15,19H,6-7,16-17H2,1-5H3,(H,25,29)/t19-/m0/s1. The zero-order valence-corrected chi connectivity index (χ0v) is 20.7. The van der Waals surface area contributed by atoms with Crippen LogP contribution in [0.3, 0.4) is 0 Å². The number of hydrogen-bond donors (Lipinski definition) is 1. The van der Waals surface area contributed by atoms with E-state index in [1.165, 1.54) is 23.4 Å². The zero-order valence-electron chi connectivity index (χ0n) is 19.9. The molecule has 0 bridgehead atoms. The molecule has 0 saturated carbocycles. The molecular formula is C24H33N3O5S. The quantitative estimate of drug-likeness (QED) is 0.539. The Hall–Kier alpha value is -3.07. The van der Waals surface area contributed by atoms with E-state index in [1.54, 1.807) is 31.2 Å². The number of nitrogens with zero attached hydrogens (tertiary/aromatic N) is 2. The fraction of sp³-hybridized carbons (Fsp3) is 0.417. The van der Waals surface area contributed by atoms with Gasteiger partial charge in [-0.15, -0.1) is 0 Å². The summed E-state index contributed by atoms with van der Waals surface area (Å²) in [5.41, 5.74) is 2.53. The number of amides is 2. The topological polar surface area (TPSA) is 96.0 Å². The van der Waals surface area contributed by atoms with Crippen LogP contribution in [0.5, 0.6) is 5.75 Å². The second-order valence-electron chi connectivity index (χ2n) is 7.93. The lowest BCUT2D eigenvalue weighted by atomic mass is 10.1. The van der Waals surface area contributed by atoms with Crippen LogP contribution in [-0.2, 0) is 26.2 Å². The van der Waals surface area contributed by atoms with Crippen LogP contribution in [0, 0.1) is 6.92 Å². The fourth-order valence-corrected chi connectivity index (χ4v) is 4.40. The molecule has 0 aliphatic heterocycles. The lowest BCUT2D eigenvalue weighted by molar-refractivity contribution is -0.140. The van der Waals surface area contributed by atoms with E-state index in [2.05, 4.69) is 5.32 Å². The van der Waals surface area contributed by atoms with Crippen molar-refractivity contribution in [3.8, 4) is 5.75 Å². The van der Waals surface area contributed by atoms with Gasteiger partial charge in [0.05, 0.1) is 19.1 Å². The largest absolute Gasteiger partial charge is 0.497 e. The van der Waals surface area contributed by atoms with Crippen molar-refractivity contribution in [3.63, 3.8) is 0 Å². The van der Waals surface area contributed by atoms with Gasteiger partial charge in [-0.1, -0.05) is 29.8 Å². The van der Waals surface area contributed by atoms with Gasteiger partial charge >= 0.3 is 0 Å². The van der Waals surface area contributed by atoms with E-state index < -0.39 is 16.1 Å². The summed E-state index contributed by atoms with van der Waals surface area (Å²) < 4.78 is 31.1. The van der Waals surface area contributed by atoms with Gasteiger partial charge in [-0.25, -0.2) is 8.42 Å². The van der Waals surface area contributed by atoms with Gasteiger partial charge in [0.25, 0.3) is 0 Å². The second kappa shape index (κ2) is 11.7. The van der Waals surface area contributed by atoms with Crippen molar-refractivity contribution in [1.29, 1.82) is 0 Å². The van der Waals surface area contributed by atoms with Gasteiger partial charge in [0.2, 0.25) is 21.8 Å². The molecule has 0 fully saturated rings. The maximum Gasteiger partial charge on any atom is 0.242 e. The lowest BCUT2D eigenvalue weighted by Crippen LogP contribution is -2.46.